The van der Waals surface area contributed by atoms with E-state index >= 15 is 14.4 Å². The Morgan fingerprint density at radius 3 is 1.80 bits per heavy atom. The summed E-state index contributed by atoms with van der Waals surface area (Å²) in [6.45, 7) is 11.8. The zero-order valence-electron chi connectivity index (χ0n) is 47.5. The molecule has 12 heteroatoms. The maximum absolute atomic E-state index is 15.7. The van der Waals surface area contributed by atoms with Crippen LogP contribution in [0, 0.1) is 87.3 Å². The fourth-order valence-corrected chi connectivity index (χ4v) is 20.9. The molecule has 0 radical (unpaired) electrons. The lowest BCUT2D eigenvalue weighted by Gasteiger charge is -2.59. The van der Waals surface area contributed by atoms with Crippen molar-refractivity contribution < 1.29 is 52.8 Å². The molecule has 3 aromatic rings. The highest BCUT2D eigenvalue weighted by molar-refractivity contribution is 7.97. The summed E-state index contributed by atoms with van der Waals surface area (Å²) in [5.74, 6) is 1.08. The van der Waals surface area contributed by atoms with Crippen molar-refractivity contribution in [1.82, 2.24) is 0 Å². The second-order valence-electron chi connectivity index (χ2n) is 28.5. The van der Waals surface area contributed by atoms with Gasteiger partial charge >= 0.3 is 29.8 Å². The fraction of sp³-hybridized carbons (Fsp3) is 0.657. The van der Waals surface area contributed by atoms with Crippen LogP contribution in [0.25, 0.3) is 0 Å². The molecule has 1 heterocycles. The number of hydrogen-bond acceptors (Lipinski definition) is 11. The Bertz CT molecular complexity index is 2690. The van der Waals surface area contributed by atoms with Crippen LogP contribution in [0.4, 0.5) is 0 Å². The van der Waals surface area contributed by atoms with Crippen molar-refractivity contribution in [3.8, 4) is 5.75 Å². The van der Waals surface area contributed by atoms with Crippen molar-refractivity contribution in [2.24, 2.45) is 87.3 Å². The van der Waals surface area contributed by atoms with E-state index in [1.165, 1.54) is 12.8 Å². The topological polar surface area (TPSA) is 152 Å². The van der Waals surface area contributed by atoms with Crippen LogP contribution >= 0.6 is 0 Å². The van der Waals surface area contributed by atoms with Gasteiger partial charge in [-0.3, -0.25) is 19.2 Å². The van der Waals surface area contributed by atoms with E-state index in [0.29, 0.717) is 72.4 Å². The molecule has 3 aromatic carbocycles. The average Bonchev–Trinajstić information content (AvgIpc) is 4.33. The predicted molar refractivity (Wildman–Crippen MR) is 298 cm³/mol. The number of hydrogen-bond donors (Lipinski definition) is 1. The van der Waals surface area contributed by atoms with Crippen LogP contribution < -0.4 is 4.74 Å². The van der Waals surface area contributed by atoms with Crippen molar-refractivity contribution in [2.45, 2.75) is 195 Å². The molecule has 79 heavy (non-hydrogen) atoms. The first-order valence-corrected chi connectivity index (χ1v) is 31.6. The maximum atomic E-state index is 15.7. The molecule has 10 unspecified atom stereocenters. The van der Waals surface area contributed by atoms with Gasteiger partial charge < -0.3 is 28.8 Å². The van der Waals surface area contributed by atoms with Gasteiger partial charge in [0.15, 0.2) is 14.7 Å². The van der Waals surface area contributed by atoms with Gasteiger partial charge in [0.2, 0.25) is 6.10 Å². The van der Waals surface area contributed by atoms with Gasteiger partial charge in [0.25, 0.3) is 0 Å². The predicted octanol–water partition coefficient (Wildman–Crippen LogP) is 12.7. The molecular formula is C67H85O11S+. The smallest absolute Gasteiger partial charge is 0.347 e. The van der Waals surface area contributed by atoms with E-state index in [0.717, 1.165) is 72.5 Å². The van der Waals surface area contributed by atoms with Gasteiger partial charge in [0, 0.05) is 6.42 Å². The van der Waals surface area contributed by atoms with E-state index in [1.807, 2.05) is 60.7 Å². The van der Waals surface area contributed by atoms with E-state index in [9.17, 15) is 14.7 Å². The van der Waals surface area contributed by atoms with Gasteiger partial charge in [-0.1, -0.05) is 43.3 Å². The summed E-state index contributed by atoms with van der Waals surface area (Å²) < 4.78 is 31.6. The van der Waals surface area contributed by atoms with E-state index in [4.69, 9.17) is 23.7 Å². The molecule has 0 spiro atoms. The van der Waals surface area contributed by atoms with Gasteiger partial charge in [-0.25, -0.2) is 4.79 Å². The molecule has 10 saturated carbocycles. The Hall–Kier alpha value is -4.68. The molecule has 0 aromatic heterocycles. The zero-order chi connectivity index (χ0) is 55.2. The van der Waals surface area contributed by atoms with E-state index < -0.39 is 80.3 Å². The Kier molecular flexibility index (Phi) is 14.5. The monoisotopic (exact) mass is 1100 g/mol. The van der Waals surface area contributed by atoms with Gasteiger partial charge in [0.05, 0.1) is 45.3 Å². The van der Waals surface area contributed by atoms with Crippen molar-refractivity contribution in [1.29, 1.82) is 0 Å². The van der Waals surface area contributed by atoms with Crippen molar-refractivity contribution >= 4 is 40.7 Å². The molecular weight excluding hydrogens is 1010 g/mol. The van der Waals surface area contributed by atoms with Crippen molar-refractivity contribution in [3.63, 3.8) is 0 Å². The average molecular weight is 1100 g/mol. The maximum Gasteiger partial charge on any atom is 0.347 e. The molecule has 11 fully saturated rings. The second-order valence-corrected chi connectivity index (χ2v) is 30.5. The molecule has 11 nitrogen and oxygen atoms in total. The van der Waals surface area contributed by atoms with E-state index in [2.05, 4.69) is 38.1 Å². The van der Waals surface area contributed by atoms with Gasteiger partial charge in [-0.15, -0.1) is 0 Å². The van der Waals surface area contributed by atoms with Gasteiger partial charge in [-0.05, 0) is 257 Å². The third-order valence-electron chi connectivity index (χ3n) is 22.1. The normalized spacial score (nSPS) is 36.6. The SMILES string of the molecule is CC1C2CCC(C2)C1CC(CC(C)(CC(C)(CC(C)(C)C(=O)Oc1ccc([S+](c2ccccc2)c2ccccc2)cc1)C(=O)OC1C2CC3CC1CC(O)(C3)C2)C(=O)OC1CCOC1=O)C(=O)OC1(C)C2CC3CC(C2)CC1C3. The summed E-state index contributed by atoms with van der Waals surface area (Å²) in [5.41, 5.74) is -5.74. The summed E-state index contributed by atoms with van der Waals surface area (Å²) in [6.07, 6.45) is 11.7. The van der Waals surface area contributed by atoms with Crippen LogP contribution in [-0.2, 0) is 53.8 Å². The van der Waals surface area contributed by atoms with E-state index in [1.54, 1.807) is 27.7 Å². The highest BCUT2D eigenvalue weighted by Crippen LogP contribution is 2.62. The van der Waals surface area contributed by atoms with Crippen molar-refractivity contribution in [3.05, 3.63) is 84.9 Å². The molecule has 10 bridgehead atoms. The van der Waals surface area contributed by atoms with Crippen LogP contribution in [0.5, 0.6) is 5.75 Å². The highest BCUT2D eigenvalue weighted by atomic mass is 32.2. The summed E-state index contributed by atoms with van der Waals surface area (Å²) in [5, 5.41) is 11.6. The fourth-order valence-electron chi connectivity index (χ4n) is 18.8. The number of ether oxygens (including phenoxy) is 5. The zero-order valence-corrected chi connectivity index (χ0v) is 48.4. The van der Waals surface area contributed by atoms with Crippen LogP contribution in [0.3, 0.4) is 0 Å². The van der Waals surface area contributed by atoms with Crippen LogP contribution in [0.15, 0.2) is 99.6 Å². The van der Waals surface area contributed by atoms with E-state index in [-0.39, 0.29) is 56.0 Å². The lowest BCUT2D eigenvalue weighted by Crippen LogP contribution is -2.59. The number of benzene rings is 3. The highest BCUT2D eigenvalue weighted by Gasteiger charge is 2.61. The molecule has 0 amide bonds. The third-order valence-corrected chi connectivity index (χ3v) is 24.3. The molecule has 1 N–H and O–H groups in total. The minimum atomic E-state index is -1.55. The summed E-state index contributed by atoms with van der Waals surface area (Å²) in [6, 6.07) is 28.3. The molecule has 1 aliphatic heterocycles. The Labute approximate surface area is 471 Å². The molecule has 10 aliphatic carbocycles. The molecule has 424 valence electrons. The number of cyclic esters (lactones) is 1. The molecule has 1 saturated heterocycles. The Morgan fingerprint density at radius 2 is 1.24 bits per heavy atom. The number of esters is 5. The number of aliphatic hydroxyl groups is 1. The number of rotatable bonds is 19. The van der Waals surface area contributed by atoms with Gasteiger partial charge in [-0.2, -0.15) is 0 Å². The first-order valence-electron chi connectivity index (χ1n) is 30.4. The molecule has 11 aliphatic rings. The number of carbonyl (C=O) groups excluding carboxylic acids is 5. The quantitative estimate of drug-likeness (QED) is 0.0528. The largest absolute Gasteiger partial charge is 0.463 e. The summed E-state index contributed by atoms with van der Waals surface area (Å²) in [7, 11) is -0.412. The summed E-state index contributed by atoms with van der Waals surface area (Å²) in [4.78, 5) is 78.1. The van der Waals surface area contributed by atoms with Crippen molar-refractivity contribution in [2.75, 3.05) is 6.61 Å². The van der Waals surface area contributed by atoms with Crippen LogP contribution in [-0.4, -0.2) is 65.0 Å². The van der Waals surface area contributed by atoms with Crippen LogP contribution in [0.2, 0.25) is 0 Å². The molecule has 14 rings (SSSR count). The first kappa shape index (κ1) is 54.9. The number of fused-ring (bicyclic) bond motifs is 2. The lowest BCUT2D eigenvalue weighted by molar-refractivity contribution is -0.210. The van der Waals surface area contributed by atoms with Crippen LogP contribution in [0.1, 0.15) is 157 Å². The minimum Gasteiger partial charge on any atom is -0.463 e. The standard InChI is InChI=1S/C67H85O11S/c1-40-44-17-18-45(32-44)55(40)33-48(58(68)78-66(6)49-28-41-25-42(30-49)31-50(66)29-41)35-64(4,61(71)76-56-23-24-74-59(56)69)39-65(5,62(72)77-57-46-26-43-27-47(57)37-67(73,34-43)36-46)38-63(2,3)60(70)75-51-19-21-54(22-20-51)79(52-13-9-7-10-14-52)53-15-11-8-12-16-53/h7-16,19-22,40-50,55-57,73H,17-18,23-39H2,1-6H3/q+1. The third kappa shape index (κ3) is 10.6. The first-order chi connectivity index (χ1) is 37.7. The Balaban J connectivity index is 0.866. The molecule has 10 atom stereocenters. The number of carbonyl (C=O) groups is 5. The second kappa shape index (κ2) is 20.9. The Morgan fingerprint density at radius 1 is 0.658 bits per heavy atom. The minimum absolute atomic E-state index is 0.00598. The van der Waals surface area contributed by atoms with Gasteiger partial charge in [0.1, 0.15) is 17.5 Å². The summed E-state index contributed by atoms with van der Waals surface area (Å²) >= 11 is 0. The lowest BCUT2D eigenvalue weighted by atomic mass is 9.50.